The highest BCUT2D eigenvalue weighted by Crippen LogP contribution is 2.65. The molecule has 0 heterocycles. The van der Waals surface area contributed by atoms with Crippen LogP contribution in [0.25, 0.3) is 0 Å². The van der Waals surface area contributed by atoms with Gasteiger partial charge < -0.3 is 9.53 Å². The van der Waals surface area contributed by atoms with Crippen molar-refractivity contribution >= 4 is 14.1 Å². The van der Waals surface area contributed by atoms with E-state index in [-0.39, 0.29) is 21.7 Å². The van der Waals surface area contributed by atoms with E-state index in [0.29, 0.717) is 6.61 Å². The number of carbonyl (C=O) groups is 1. The molecule has 1 saturated carbocycles. The van der Waals surface area contributed by atoms with E-state index in [1.807, 2.05) is 0 Å². The first-order chi connectivity index (χ1) is 11.2. The lowest BCUT2D eigenvalue weighted by molar-refractivity contribution is -0.137. The zero-order chi connectivity index (χ0) is 19.1. The SMILES string of the molecule is CC1=C2C[C@](C)(CO[Si](C)(C)C(C)(C)C)C=C2C(=O)[C@](C)(O)C12CC2. The number of Topliss-reactive ketones (excluding diaryl/α,β-unsaturated/α-hetero) is 1. The minimum Gasteiger partial charge on any atom is -0.416 e. The molecule has 4 heteroatoms. The van der Waals surface area contributed by atoms with Gasteiger partial charge in [0.05, 0.1) is 0 Å². The molecule has 0 aromatic carbocycles. The summed E-state index contributed by atoms with van der Waals surface area (Å²) >= 11 is 0. The second kappa shape index (κ2) is 5.17. The van der Waals surface area contributed by atoms with Gasteiger partial charge in [-0.25, -0.2) is 0 Å². The van der Waals surface area contributed by atoms with Crippen molar-refractivity contribution in [2.24, 2.45) is 10.8 Å². The molecular weight excluding hydrogens is 328 g/mol. The summed E-state index contributed by atoms with van der Waals surface area (Å²) < 4.78 is 6.47. The Kier molecular flexibility index (Phi) is 3.94. The van der Waals surface area contributed by atoms with E-state index < -0.39 is 13.9 Å². The van der Waals surface area contributed by atoms with Crippen LogP contribution in [0.2, 0.25) is 18.1 Å². The zero-order valence-electron chi connectivity index (χ0n) is 17.2. The number of hydrogen-bond donors (Lipinski definition) is 1. The summed E-state index contributed by atoms with van der Waals surface area (Å²) in [6.45, 7) is 18.0. The molecule has 0 aromatic rings. The van der Waals surface area contributed by atoms with Crippen molar-refractivity contribution in [2.75, 3.05) is 6.61 Å². The van der Waals surface area contributed by atoms with Gasteiger partial charge in [-0.05, 0) is 56.8 Å². The van der Waals surface area contributed by atoms with E-state index in [4.69, 9.17) is 4.43 Å². The second-order valence-electron chi connectivity index (χ2n) is 10.5. The van der Waals surface area contributed by atoms with Crippen LogP contribution in [-0.4, -0.2) is 31.4 Å². The fraction of sp³-hybridized carbons (Fsp3) is 0.762. The minimum absolute atomic E-state index is 0.0818. The molecule has 3 aliphatic rings. The van der Waals surface area contributed by atoms with Crippen molar-refractivity contribution in [1.29, 1.82) is 0 Å². The van der Waals surface area contributed by atoms with Gasteiger partial charge >= 0.3 is 0 Å². The topological polar surface area (TPSA) is 46.5 Å². The molecule has 0 unspecified atom stereocenters. The monoisotopic (exact) mass is 362 g/mol. The van der Waals surface area contributed by atoms with Crippen LogP contribution in [0.1, 0.15) is 60.8 Å². The molecule has 25 heavy (non-hydrogen) atoms. The highest BCUT2D eigenvalue weighted by Gasteiger charge is 2.65. The van der Waals surface area contributed by atoms with Crippen LogP contribution >= 0.6 is 0 Å². The Morgan fingerprint density at radius 3 is 2.28 bits per heavy atom. The molecule has 3 nitrogen and oxygen atoms in total. The van der Waals surface area contributed by atoms with E-state index in [1.165, 1.54) is 11.1 Å². The van der Waals surface area contributed by atoms with Crippen LogP contribution < -0.4 is 0 Å². The first kappa shape index (κ1) is 19.1. The van der Waals surface area contributed by atoms with Gasteiger partial charge in [0.1, 0.15) is 5.60 Å². The Balaban J connectivity index is 1.90. The summed E-state index contributed by atoms with van der Waals surface area (Å²) in [5.74, 6) is -0.0818. The fourth-order valence-corrected chi connectivity index (χ4v) is 5.42. The average molecular weight is 363 g/mol. The maximum atomic E-state index is 13.0. The van der Waals surface area contributed by atoms with E-state index in [9.17, 15) is 9.90 Å². The Morgan fingerprint density at radius 1 is 1.24 bits per heavy atom. The van der Waals surface area contributed by atoms with Gasteiger partial charge in [-0.2, -0.15) is 0 Å². The maximum absolute atomic E-state index is 13.0. The predicted molar refractivity (Wildman–Crippen MR) is 104 cm³/mol. The molecule has 0 amide bonds. The van der Waals surface area contributed by atoms with E-state index in [0.717, 1.165) is 24.8 Å². The number of carbonyl (C=O) groups excluding carboxylic acids is 1. The minimum atomic E-state index is -1.83. The third kappa shape index (κ3) is 2.63. The summed E-state index contributed by atoms with van der Waals surface area (Å²) in [7, 11) is -1.83. The van der Waals surface area contributed by atoms with Crippen molar-refractivity contribution in [1.82, 2.24) is 0 Å². The first-order valence-electron chi connectivity index (χ1n) is 9.52. The second-order valence-corrected chi connectivity index (χ2v) is 15.3. The van der Waals surface area contributed by atoms with Crippen LogP contribution in [0.4, 0.5) is 0 Å². The average Bonchev–Trinajstić information content (AvgIpc) is 3.21. The van der Waals surface area contributed by atoms with Crippen LogP contribution in [0.3, 0.4) is 0 Å². The van der Waals surface area contributed by atoms with Crippen LogP contribution in [0.15, 0.2) is 22.8 Å². The number of ketones is 1. The zero-order valence-corrected chi connectivity index (χ0v) is 18.2. The molecule has 3 aliphatic carbocycles. The fourth-order valence-electron chi connectivity index (χ4n) is 4.30. The van der Waals surface area contributed by atoms with Crippen molar-refractivity contribution < 1.29 is 14.3 Å². The molecule has 0 saturated heterocycles. The Bertz CT molecular complexity index is 686. The number of hydrogen-bond acceptors (Lipinski definition) is 3. The molecule has 1 fully saturated rings. The molecule has 2 atom stereocenters. The van der Waals surface area contributed by atoms with Gasteiger partial charge in [0.2, 0.25) is 0 Å². The van der Waals surface area contributed by atoms with Gasteiger partial charge in [0, 0.05) is 23.0 Å². The lowest BCUT2D eigenvalue weighted by Crippen LogP contribution is -2.49. The maximum Gasteiger partial charge on any atom is 0.194 e. The smallest absolute Gasteiger partial charge is 0.194 e. The van der Waals surface area contributed by atoms with Gasteiger partial charge in [-0.1, -0.05) is 39.3 Å². The first-order valence-corrected chi connectivity index (χ1v) is 12.4. The van der Waals surface area contributed by atoms with Crippen molar-refractivity contribution in [3.63, 3.8) is 0 Å². The summed E-state index contributed by atoms with van der Waals surface area (Å²) in [6, 6.07) is 0. The number of aliphatic hydroxyl groups is 1. The molecular formula is C21H34O3Si. The number of fused-ring (bicyclic) bond motifs is 1. The number of rotatable bonds is 3. The number of allylic oxidation sites excluding steroid dienone is 1. The molecule has 0 aromatic heterocycles. The van der Waals surface area contributed by atoms with Crippen LogP contribution in [-0.2, 0) is 9.22 Å². The third-order valence-corrected chi connectivity index (χ3v) is 12.0. The Morgan fingerprint density at radius 2 is 1.80 bits per heavy atom. The summed E-state index contributed by atoms with van der Waals surface area (Å²) in [6.07, 6.45) is 4.79. The third-order valence-electron chi connectivity index (χ3n) is 7.51. The summed E-state index contributed by atoms with van der Waals surface area (Å²) in [5.41, 5.74) is 1.45. The lowest BCUT2D eigenvalue weighted by atomic mass is 9.68. The normalized spacial score (nSPS) is 34.4. The Hall–Kier alpha value is -0.713. The summed E-state index contributed by atoms with van der Waals surface area (Å²) in [5, 5.41) is 11.1. The molecule has 140 valence electrons. The van der Waals surface area contributed by atoms with Crippen molar-refractivity contribution in [2.45, 2.75) is 84.5 Å². The van der Waals surface area contributed by atoms with Crippen molar-refractivity contribution in [3.05, 3.63) is 22.8 Å². The molecule has 0 bridgehead atoms. The van der Waals surface area contributed by atoms with E-state index in [2.05, 4.69) is 53.8 Å². The van der Waals surface area contributed by atoms with E-state index >= 15 is 0 Å². The van der Waals surface area contributed by atoms with Gasteiger partial charge in [0.15, 0.2) is 14.1 Å². The molecule has 1 spiro atoms. The van der Waals surface area contributed by atoms with Gasteiger partial charge in [-0.3, -0.25) is 4.79 Å². The van der Waals surface area contributed by atoms with E-state index in [1.54, 1.807) is 6.92 Å². The molecule has 0 aliphatic heterocycles. The summed E-state index contributed by atoms with van der Waals surface area (Å²) in [4.78, 5) is 13.0. The molecule has 1 N–H and O–H groups in total. The quantitative estimate of drug-likeness (QED) is 0.735. The lowest BCUT2D eigenvalue weighted by Gasteiger charge is -2.39. The van der Waals surface area contributed by atoms with Crippen molar-refractivity contribution in [3.8, 4) is 0 Å². The predicted octanol–water partition coefficient (Wildman–Crippen LogP) is 4.78. The highest BCUT2D eigenvalue weighted by molar-refractivity contribution is 6.74. The largest absolute Gasteiger partial charge is 0.416 e. The Labute approximate surface area is 153 Å². The standard InChI is InChI=1S/C21H34O3Si/c1-14-15-11-19(5,13-24-25(7,8)18(2,3)4)12-16(15)17(22)20(6,23)21(14)9-10-21/h12,23H,9-11,13H2,1-8H3/t19-,20-/m0/s1. The van der Waals surface area contributed by atoms with Crippen LogP contribution in [0.5, 0.6) is 0 Å². The van der Waals surface area contributed by atoms with Gasteiger partial charge in [0.25, 0.3) is 0 Å². The highest BCUT2D eigenvalue weighted by atomic mass is 28.4. The molecule has 0 radical (unpaired) electrons. The van der Waals surface area contributed by atoms with Crippen LogP contribution in [0, 0.1) is 10.8 Å². The molecule has 3 rings (SSSR count). The van der Waals surface area contributed by atoms with Gasteiger partial charge in [-0.15, -0.1) is 0 Å².